The van der Waals surface area contributed by atoms with Crippen LogP contribution in [0.3, 0.4) is 0 Å². The molecule has 0 radical (unpaired) electrons. The molecule has 0 saturated carbocycles. The highest BCUT2D eigenvalue weighted by molar-refractivity contribution is 6.30. The Morgan fingerprint density at radius 1 is 1.45 bits per heavy atom. The Hall–Kier alpha value is -1.72. The van der Waals surface area contributed by atoms with Crippen molar-refractivity contribution in [3.8, 4) is 0 Å². The van der Waals surface area contributed by atoms with Crippen LogP contribution in [0.4, 0.5) is 4.39 Å². The largest absolute Gasteiger partial charge is 0.311 e. The number of halogens is 2. The van der Waals surface area contributed by atoms with Gasteiger partial charge in [0.2, 0.25) is 0 Å². The van der Waals surface area contributed by atoms with Crippen LogP contribution in [0.25, 0.3) is 0 Å². The van der Waals surface area contributed by atoms with Gasteiger partial charge in [-0.05, 0) is 30.7 Å². The van der Waals surface area contributed by atoms with Gasteiger partial charge >= 0.3 is 0 Å². The minimum Gasteiger partial charge on any atom is -0.311 e. The van der Waals surface area contributed by atoms with Crippen molar-refractivity contribution in [1.29, 1.82) is 0 Å². The standard InChI is InChI=1S/C14H13ClFN3O/c15-11-2-1-9(5-12(11)16)7-19-8-18-13-6-17-4-3-10(13)14(19)20/h1-2,5,8,17H,3-4,6-7H2. The van der Waals surface area contributed by atoms with Gasteiger partial charge in [-0.1, -0.05) is 17.7 Å². The molecule has 20 heavy (non-hydrogen) atoms. The van der Waals surface area contributed by atoms with Crippen LogP contribution in [-0.2, 0) is 19.5 Å². The summed E-state index contributed by atoms with van der Waals surface area (Å²) in [5, 5.41) is 3.26. The van der Waals surface area contributed by atoms with Crippen LogP contribution < -0.4 is 10.9 Å². The van der Waals surface area contributed by atoms with Gasteiger partial charge in [0, 0.05) is 12.1 Å². The molecule has 3 rings (SSSR count). The van der Waals surface area contributed by atoms with Gasteiger partial charge < -0.3 is 5.32 Å². The second-order valence-electron chi connectivity index (χ2n) is 4.78. The Labute approximate surface area is 120 Å². The van der Waals surface area contributed by atoms with Gasteiger partial charge in [0.05, 0.1) is 23.6 Å². The average molecular weight is 294 g/mol. The normalized spacial score (nSPS) is 14.1. The molecule has 0 aliphatic carbocycles. The van der Waals surface area contributed by atoms with Crippen LogP contribution >= 0.6 is 11.6 Å². The van der Waals surface area contributed by atoms with Crippen LogP contribution in [0.5, 0.6) is 0 Å². The highest BCUT2D eigenvalue weighted by Gasteiger charge is 2.15. The molecular formula is C14H13ClFN3O. The van der Waals surface area contributed by atoms with Crippen LogP contribution in [0.1, 0.15) is 16.8 Å². The molecule has 1 aromatic heterocycles. The van der Waals surface area contributed by atoms with Crippen molar-refractivity contribution >= 4 is 11.6 Å². The lowest BCUT2D eigenvalue weighted by atomic mass is 10.1. The van der Waals surface area contributed by atoms with Gasteiger partial charge in [-0.15, -0.1) is 0 Å². The number of fused-ring (bicyclic) bond motifs is 1. The van der Waals surface area contributed by atoms with Crippen molar-refractivity contribution in [3.05, 3.63) is 62.5 Å². The Morgan fingerprint density at radius 2 is 2.30 bits per heavy atom. The van der Waals surface area contributed by atoms with Crippen LogP contribution in [0.15, 0.2) is 29.3 Å². The third-order valence-corrected chi connectivity index (χ3v) is 3.71. The fourth-order valence-corrected chi connectivity index (χ4v) is 2.46. The van der Waals surface area contributed by atoms with E-state index in [1.807, 2.05) is 0 Å². The molecule has 1 aromatic carbocycles. The maximum atomic E-state index is 13.4. The van der Waals surface area contributed by atoms with Gasteiger partial charge in [-0.2, -0.15) is 0 Å². The molecule has 0 saturated heterocycles. The van der Waals surface area contributed by atoms with Crippen molar-refractivity contribution in [2.24, 2.45) is 0 Å². The molecule has 0 atom stereocenters. The molecule has 0 spiro atoms. The Balaban J connectivity index is 1.95. The maximum absolute atomic E-state index is 13.4. The van der Waals surface area contributed by atoms with E-state index < -0.39 is 5.82 Å². The van der Waals surface area contributed by atoms with E-state index in [0.29, 0.717) is 25.1 Å². The first-order valence-electron chi connectivity index (χ1n) is 6.37. The lowest BCUT2D eigenvalue weighted by Gasteiger charge is -2.16. The summed E-state index contributed by atoms with van der Waals surface area (Å²) < 4.78 is 14.9. The molecule has 1 N–H and O–H groups in total. The topological polar surface area (TPSA) is 46.9 Å². The molecule has 2 heterocycles. The lowest BCUT2D eigenvalue weighted by molar-refractivity contribution is 0.594. The summed E-state index contributed by atoms with van der Waals surface area (Å²) in [5.41, 5.74) is 2.19. The van der Waals surface area contributed by atoms with Gasteiger partial charge in [0.25, 0.3) is 5.56 Å². The number of rotatable bonds is 2. The molecule has 2 aromatic rings. The van der Waals surface area contributed by atoms with Crippen LogP contribution in [-0.4, -0.2) is 16.1 Å². The predicted octanol–water partition coefficient (Wildman–Crippen LogP) is 1.73. The molecule has 0 amide bonds. The fourth-order valence-electron chi connectivity index (χ4n) is 2.34. The predicted molar refractivity (Wildman–Crippen MR) is 74.4 cm³/mol. The van der Waals surface area contributed by atoms with E-state index in [1.54, 1.807) is 6.07 Å². The summed E-state index contributed by atoms with van der Waals surface area (Å²) in [7, 11) is 0. The van der Waals surface area contributed by atoms with Crippen molar-refractivity contribution in [2.75, 3.05) is 6.54 Å². The summed E-state index contributed by atoms with van der Waals surface area (Å²) in [6.45, 7) is 1.70. The summed E-state index contributed by atoms with van der Waals surface area (Å²) in [6.07, 6.45) is 2.19. The fraction of sp³-hybridized carbons (Fsp3) is 0.286. The Morgan fingerprint density at radius 3 is 3.10 bits per heavy atom. The summed E-state index contributed by atoms with van der Waals surface area (Å²) in [5.74, 6) is -0.479. The molecule has 6 heteroatoms. The monoisotopic (exact) mass is 293 g/mol. The second kappa shape index (κ2) is 5.34. The number of hydrogen-bond acceptors (Lipinski definition) is 3. The molecule has 0 fully saturated rings. The van der Waals surface area contributed by atoms with Gasteiger partial charge in [0.15, 0.2) is 0 Å². The number of nitrogens with one attached hydrogen (secondary N) is 1. The Kier molecular flexibility index (Phi) is 3.54. The van der Waals surface area contributed by atoms with Crippen molar-refractivity contribution in [3.63, 3.8) is 0 Å². The van der Waals surface area contributed by atoms with Gasteiger partial charge in [-0.25, -0.2) is 9.37 Å². The van der Waals surface area contributed by atoms with Gasteiger partial charge in [-0.3, -0.25) is 9.36 Å². The molecule has 4 nitrogen and oxygen atoms in total. The minimum absolute atomic E-state index is 0.0492. The first kappa shape index (κ1) is 13.3. The molecule has 1 aliphatic heterocycles. The minimum atomic E-state index is -0.479. The number of nitrogens with zero attached hydrogens (tertiary/aromatic N) is 2. The highest BCUT2D eigenvalue weighted by atomic mass is 35.5. The summed E-state index contributed by atoms with van der Waals surface area (Å²) >= 11 is 5.65. The van der Waals surface area contributed by atoms with E-state index >= 15 is 0 Å². The highest BCUT2D eigenvalue weighted by Crippen LogP contribution is 2.16. The Bertz CT molecular complexity index is 714. The third-order valence-electron chi connectivity index (χ3n) is 3.40. The SMILES string of the molecule is O=c1c2c(ncn1Cc1ccc(Cl)c(F)c1)CNCC2. The molecule has 0 unspecified atom stereocenters. The average Bonchev–Trinajstić information content (AvgIpc) is 2.46. The second-order valence-corrected chi connectivity index (χ2v) is 5.19. The first-order valence-corrected chi connectivity index (χ1v) is 6.75. The first-order chi connectivity index (χ1) is 9.65. The van der Waals surface area contributed by atoms with Crippen molar-refractivity contribution < 1.29 is 4.39 Å². The summed E-state index contributed by atoms with van der Waals surface area (Å²) in [6, 6.07) is 4.54. The van der Waals surface area contributed by atoms with E-state index in [2.05, 4.69) is 10.3 Å². The van der Waals surface area contributed by atoms with Crippen LogP contribution in [0.2, 0.25) is 5.02 Å². The van der Waals surface area contributed by atoms with E-state index in [9.17, 15) is 9.18 Å². The third kappa shape index (κ3) is 2.46. The molecule has 104 valence electrons. The van der Waals surface area contributed by atoms with Gasteiger partial charge in [0.1, 0.15) is 5.82 Å². The number of hydrogen-bond donors (Lipinski definition) is 1. The van der Waals surface area contributed by atoms with E-state index in [4.69, 9.17) is 11.6 Å². The molecule has 0 bridgehead atoms. The van der Waals surface area contributed by atoms with E-state index in [1.165, 1.54) is 23.0 Å². The van der Waals surface area contributed by atoms with E-state index in [-0.39, 0.29) is 10.6 Å². The van der Waals surface area contributed by atoms with Crippen molar-refractivity contribution in [1.82, 2.24) is 14.9 Å². The molecule has 1 aliphatic rings. The summed E-state index contributed by atoms with van der Waals surface area (Å²) in [4.78, 5) is 16.6. The lowest BCUT2D eigenvalue weighted by Crippen LogP contribution is -2.34. The van der Waals surface area contributed by atoms with Crippen LogP contribution in [0, 0.1) is 5.82 Å². The molecular weight excluding hydrogens is 281 g/mol. The number of aromatic nitrogens is 2. The van der Waals surface area contributed by atoms with Crippen molar-refractivity contribution in [2.45, 2.75) is 19.5 Å². The zero-order chi connectivity index (χ0) is 14.1. The zero-order valence-electron chi connectivity index (χ0n) is 10.7. The smallest absolute Gasteiger partial charge is 0.257 e. The quantitative estimate of drug-likeness (QED) is 0.917. The zero-order valence-corrected chi connectivity index (χ0v) is 11.5. The maximum Gasteiger partial charge on any atom is 0.257 e. The number of benzene rings is 1. The van der Waals surface area contributed by atoms with E-state index in [0.717, 1.165) is 17.8 Å².